The number of nitrogens with two attached hydrogens (primary N) is 1. The second-order valence-corrected chi connectivity index (χ2v) is 8.74. The number of quaternary nitrogens is 1. The minimum Gasteiger partial charge on any atom is -0.485 e. The van der Waals surface area contributed by atoms with Gasteiger partial charge in [0.15, 0.2) is 17.4 Å². The zero-order valence-electron chi connectivity index (χ0n) is 14.4. The van der Waals surface area contributed by atoms with Gasteiger partial charge in [0.2, 0.25) is 0 Å². The molecule has 0 spiro atoms. The predicted octanol–water partition coefficient (Wildman–Crippen LogP) is 3.25. The molecule has 0 aliphatic rings. The molecule has 0 radical (unpaired) electrons. The fraction of sp³-hybridized carbons (Fsp3) is 0.647. The lowest BCUT2D eigenvalue weighted by molar-refractivity contribution is -0.727. The van der Waals surface area contributed by atoms with Crippen LogP contribution in [0, 0.1) is 17.0 Å². The van der Waals surface area contributed by atoms with Crippen LogP contribution in [0.15, 0.2) is 16.6 Å². The number of rotatable bonds is 7. The fourth-order valence-electron chi connectivity index (χ4n) is 2.81. The zero-order chi connectivity index (χ0) is 17.8. The maximum absolute atomic E-state index is 13.6. The number of hydrogen-bond acceptors (Lipinski definition) is 2. The molecule has 6 heteroatoms. The van der Waals surface area contributed by atoms with E-state index in [2.05, 4.69) is 50.5 Å². The second kappa shape index (κ2) is 7.90. The van der Waals surface area contributed by atoms with Crippen LogP contribution in [0.25, 0.3) is 0 Å². The summed E-state index contributed by atoms with van der Waals surface area (Å²) in [6, 6.07) is 2.26. The second-order valence-electron chi connectivity index (χ2n) is 7.83. The SMILES string of the molecule is CC(C)(C)CC(C)(C)[NH2+]C[C@H](O)COc1c(F)cc(Br)cc1F. The smallest absolute Gasteiger partial charge is 0.190 e. The maximum Gasteiger partial charge on any atom is 0.190 e. The molecule has 23 heavy (non-hydrogen) atoms. The van der Waals surface area contributed by atoms with E-state index in [9.17, 15) is 13.9 Å². The molecule has 0 aromatic heterocycles. The van der Waals surface area contributed by atoms with Crippen molar-refractivity contribution in [1.29, 1.82) is 0 Å². The Morgan fingerprint density at radius 2 is 1.70 bits per heavy atom. The van der Waals surface area contributed by atoms with E-state index < -0.39 is 23.5 Å². The van der Waals surface area contributed by atoms with Crippen LogP contribution in [-0.4, -0.2) is 29.9 Å². The number of halogens is 3. The van der Waals surface area contributed by atoms with Gasteiger partial charge in [-0.1, -0.05) is 36.7 Å². The fourth-order valence-corrected chi connectivity index (χ4v) is 3.21. The molecule has 1 rings (SSSR count). The van der Waals surface area contributed by atoms with Crippen molar-refractivity contribution in [1.82, 2.24) is 0 Å². The molecule has 0 fully saturated rings. The van der Waals surface area contributed by atoms with Crippen LogP contribution in [0.3, 0.4) is 0 Å². The van der Waals surface area contributed by atoms with Gasteiger partial charge in [-0.25, -0.2) is 8.78 Å². The summed E-state index contributed by atoms with van der Waals surface area (Å²) in [5.74, 6) is -2.04. The van der Waals surface area contributed by atoms with E-state index in [1.54, 1.807) is 0 Å². The lowest BCUT2D eigenvalue weighted by Gasteiger charge is -2.31. The Hall–Kier alpha value is -0.720. The first-order valence-electron chi connectivity index (χ1n) is 7.69. The molecule has 1 aromatic carbocycles. The van der Waals surface area contributed by atoms with Crippen LogP contribution in [0.2, 0.25) is 0 Å². The summed E-state index contributed by atoms with van der Waals surface area (Å²) >= 11 is 3.01. The third-order valence-corrected chi connectivity index (χ3v) is 3.77. The number of benzene rings is 1. The quantitative estimate of drug-likeness (QED) is 0.745. The van der Waals surface area contributed by atoms with Crippen molar-refractivity contribution in [2.24, 2.45) is 5.41 Å². The normalized spacial score (nSPS) is 14.0. The Labute approximate surface area is 145 Å². The van der Waals surface area contributed by atoms with Crippen LogP contribution in [0.5, 0.6) is 5.75 Å². The first-order chi connectivity index (χ1) is 10.4. The van der Waals surface area contributed by atoms with Gasteiger partial charge in [0.1, 0.15) is 19.3 Å². The summed E-state index contributed by atoms with van der Waals surface area (Å²) < 4.78 is 32.7. The molecule has 0 unspecified atom stereocenters. The van der Waals surface area contributed by atoms with Crippen molar-refractivity contribution in [3.05, 3.63) is 28.2 Å². The van der Waals surface area contributed by atoms with Gasteiger partial charge in [0.25, 0.3) is 0 Å². The highest BCUT2D eigenvalue weighted by atomic mass is 79.9. The maximum atomic E-state index is 13.6. The van der Waals surface area contributed by atoms with Crippen molar-refractivity contribution in [3.8, 4) is 5.75 Å². The summed E-state index contributed by atoms with van der Waals surface area (Å²) in [5, 5.41) is 12.0. The van der Waals surface area contributed by atoms with Gasteiger partial charge in [-0.3, -0.25) is 0 Å². The molecule has 0 bridgehead atoms. The molecule has 0 amide bonds. The highest BCUT2D eigenvalue weighted by Gasteiger charge is 2.29. The Morgan fingerprint density at radius 1 is 1.17 bits per heavy atom. The third-order valence-electron chi connectivity index (χ3n) is 3.31. The van der Waals surface area contributed by atoms with E-state index in [1.807, 2.05) is 5.32 Å². The van der Waals surface area contributed by atoms with Gasteiger partial charge in [0.05, 0.1) is 5.54 Å². The monoisotopic (exact) mass is 394 g/mol. The average Bonchev–Trinajstić information content (AvgIpc) is 2.32. The molecule has 1 atom stereocenters. The molecule has 0 saturated heterocycles. The molecule has 0 aliphatic heterocycles. The van der Waals surface area contributed by atoms with E-state index in [0.29, 0.717) is 11.0 Å². The topological polar surface area (TPSA) is 46.1 Å². The highest BCUT2D eigenvalue weighted by Crippen LogP contribution is 2.26. The molecule has 0 saturated carbocycles. The number of hydrogen-bond donors (Lipinski definition) is 2. The van der Waals surface area contributed by atoms with Crippen LogP contribution in [0.1, 0.15) is 41.0 Å². The first kappa shape index (κ1) is 20.3. The summed E-state index contributed by atoms with van der Waals surface area (Å²) in [4.78, 5) is 0. The van der Waals surface area contributed by atoms with Crippen molar-refractivity contribution in [3.63, 3.8) is 0 Å². The number of aliphatic hydroxyl groups excluding tert-OH is 1. The highest BCUT2D eigenvalue weighted by molar-refractivity contribution is 9.10. The Bertz CT molecular complexity index is 507. The Balaban J connectivity index is 2.51. The van der Waals surface area contributed by atoms with Crippen LogP contribution < -0.4 is 10.1 Å². The summed E-state index contributed by atoms with van der Waals surface area (Å²) in [5.41, 5.74) is 0.151. The molecular weight excluding hydrogens is 368 g/mol. The van der Waals surface area contributed by atoms with Crippen molar-refractivity contribution < 1.29 is 23.9 Å². The van der Waals surface area contributed by atoms with Gasteiger partial charge in [-0.2, -0.15) is 0 Å². The number of ether oxygens (including phenoxy) is 1. The minimum absolute atomic E-state index is 0.0344. The van der Waals surface area contributed by atoms with Crippen LogP contribution >= 0.6 is 15.9 Å². The standard InChI is InChI=1S/C17H26BrF2NO2/c1-16(2,3)10-17(4,5)21-8-12(22)9-23-15-13(19)6-11(18)7-14(15)20/h6-7,12,21-22H,8-10H2,1-5H3/p+1/t12-/m0/s1. The molecule has 3 N–H and O–H groups in total. The first-order valence-corrected chi connectivity index (χ1v) is 8.49. The molecule has 0 heterocycles. The number of aliphatic hydroxyl groups is 1. The zero-order valence-corrected chi connectivity index (χ0v) is 16.0. The lowest BCUT2D eigenvalue weighted by Crippen LogP contribution is -2.97. The van der Waals surface area contributed by atoms with E-state index in [1.165, 1.54) is 0 Å². The van der Waals surface area contributed by atoms with Gasteiger partial charge in [-0.15, -0.1) is 0 Å². The van der Waals surface area contributed by atoms with E-state index >= 15 is 0 Å². The van der Waals surface area contributed by atoms with E-state index in [0.717, 1.165) is 18.6 Å². The van der Waals surface area contributed by atoms with E-state index in [4.69, 9.17) is 4.74 Å². The minimum atomic E-state index is -0.809. The predicted molar refractivity (Wildman–Crippen MR) is 90.5 cm³/mol. The van der Waals surface area contributed by atoms with Crippen molar-refractivity contribution in [2.75, 3.05) is 13.2 Å². The molecule has 3 nitrogen and oxygen atoms in total. The van der Waals surface area contributed by atoms with Crippen LogP contribution in [0.4, 0.5) is 8.78 Å². The molecule has 1 aromatic rings. The molecule has 132 valence electrons. The summed E-state index contributed by atoms with van der Waals surface area (Å²) in [6.07, 6.45) is 0.167. The molecular formula is C17H27BrF2NO2+. The third kappa shape index (κ3) is 7.59. The van der Waals surface area contributed by atoms with E-state index in [-0.39, 0.29) is 17.6 Å². The molecule has 0 aliphatic carbocycles. The summed E-state index contributed by atoms with van der Waals surface area (Å²) in [7, 11) is 0. The van der Waals surface area contributed by atoms with Gasteiger partial charge < -0.3 is 15.2 Å². The van der Waals surface area contributed by atoms with Crippen molar-refractivity contribution >= 4 is 15.9 Å². The lowest BCUT2D eigenvalue weighted by atomic mass is 9.82. The van der Waals surface area contributed by atoms with Gasteiger partial charge >= 0.3 is 0 Å². The summed E-state index contributed by atoms with van der Waals surface area (Å²) in [6.45, 7) is 11.0. The van der Waals surface area contributed by atoms with Crippen molar-refractivity contribution in [2.45, 2.75) is 52.7 Å². The van der Waals surface area contributed by atoms with Crippen LogP contribution in [-0.2, 0) is 0 Å². The van der Waals surface area contributed by atoms with Gasteiger partial charge in [-0.05, 0) is 31.4 Å². The Morgan fingerprint density at radius 3 is 2.17 bits per heavy atom. The average molecular weight is 395 g/mol. The Kier molecular flexibility index (Phi) is 6.98. The van der Waals surface area contributed by atoms with Gasteiger partial charge in [0, 0.05) is 10.9 Å². The largest absolute Gasteiger partial charge is 0.485 e.